The topological polar surface area (TPSA) is 59.0 Å². The van der Waals surface area contributed by atoms with Crippen LogP contribution in [0.1, 0.15) is 36.7 Å². The number of piperidine rings is 1. The molecular formula is C14H24N4O. The maximum atomic E-state index is 12.2. The SMILES string of the molecule is Cc1nn(C)c(C)c1CC(=O)NC1CCCNC1C. The van der Waals surface area contributed by atoms with Crippen molar-refractivity contribution in [2.75, 3.05) is 6.54 Å². The zero-order valence-electron chi connectivity index (χ0n) is 12.3. The maximum absolute atomic E-state index is 12.2. The highest BCUT2D eigenvalue weighted by atomic mass is 16.1. The van der Waals surface area contributed by atoms with E-state index in [1.165, 1.54) is 0 Å². The summed E-state index contributed by atoms with van der Waals surface area (Å²) >= 11 is 0. The van der Waals surface area contributed by atoms with Crippen LogP contribution in [-0.2, 0) is 18.3 Å². The summed E-state index contributed by atoms with van der Waals surface area (Å²) in [5, 5.41) is 10.9. The second kappa shape index (κ2) is 5.74. The Hall–Kier alpha value is -1.36. The monoisotopic (exact) mass is 264 g/mol. The summed E-state index contributed by atoms with van der Waals surface area (Å²) in [5.74, 6) is 0.0970. The Bertz CT molecular complexity index is 466. The summed E-state index contributed by atoms with van der Waals surface area (Å²) in [4.78, 5) is 12.2. The van der Waals surface area contributed by atoms with Crippen LogP contribution in [0, 0.1) is 13.8 Å². The lowest BCUT2D eigenvalue weighted by atomic mass is 9.99. The lowest BCUT2D eigenvalue weighted by molar-refractivity contribution is -0.121. The highest BCUT2D eigenvalue weighted by Crippen LogP contribution is 2.13. The molecule has 2 unspecified atom stereocenters. The average Bonchev–Trinajstić information content (AvgIpc) is 2.59. The third-order valence-electron chi connectivity index (χ3n) is 4.10. The van der Waals surface area contributed by atoms with Crippen LogP contribution in [0.2, 0.25) is 0 Å². The van der Waals surface area contributed by atoms with Gasteiger partial charge in [-0.05, 0) is 40.2 Å². The van der Waals surface area contributed by atoms with E-state index >= 15 is 0 Å². The Balaban J connectivity index is 1.97. The molecule has 5 heteroatoms. The van der Waals surface area contributed by atoms with Gasteiger partial charge in [0.2, 0.25) is 5.91 Å². The minimum Gasteiger partial charge on any atom is -0.352 e. The number of aryl methyl sites for hydroxylation is 2. The van der Waals surface area contributed by atoms with Gasteiger partial charge in [-0.1, -0.05) is 0 Å². The molecular weight excluding hydrogens is 240 g/mol. The molecule has 0 aromatic carbocycles. The molecule has 2 N–H and O–H groups in total. The molecule has 0 spiro atoms. The zero-order valence-corrected chi connectivity index (χ0v) is 12.3. The van der Waals surface area contributed by atoms with E-state index in [1.54, 1.807) is 0 Å². The van der Waals surface area contributed by atoms with Gasteiger partial charge >= 0.3 is 0 Å². The summed E-state index contributed by atoms with van der Waals surface area (Å²) in [6.07, 6.45) is 2.61. The number of aromatic nitrogens is 2. The van der Waals surface area contributed by atoms with Gasteiger partial charge in [0.05, 0.1) is 12.1 Å². The lowest BCUT2D eigenvalue weighted by Crippen LogP contribution is -2.52. The molecule has 0 aliphatic carbocycles. The molecule has 2 atom stereocenters. The summed E-state index contributed by atoms with van der Waals surface area (Å²) in [5.41, 5.74) is 3.07. The number of hydrogen-bond acceptors (Lipinski definition) is 3. The fourth-order valence-corrected chi connectivity index (χ4v) is 2.73. The van der Waals surface area contributed by atoms with Crippen LogP contribution in [0.15, 0.2) is 0 Å². The van der Waals surface area contributed by atoms with E-state index in [-0.39, 0.29) is 11.9 Å². The summed E-state index contributed by atoms with van der Waals surface area (Å²) < 4.78 is 1.84. The van der Waals surface area contributed by atoms with Crippen molar-refractivity contribution in [2.24, 2.45) is 7.05 Å². The van der Waals surface area contributed by atoms with Crippen LogP contribution in [-0.4, -0.2) is 34.3 Å². The molecule has 1 amide bonds. The first-order chi connectivity index (χ1) is 8.99. The number of rotatable bonds is 3. The third kappa shape index (κ3) is 3.15. The normalized spacial score (nSPS) is 23.4. The van der Waals surface area contributed by atoms with Crippen molar-refractivity contribution in [3.63, 3.8) is 0 Å². The minimum absolute atomic E-state index is 0.0970. The molecule has 106 valence electrons. The highest BCUT2D eigenvalue weighted by molar-refractivity contribution is 5.79. The van der Waals surface area contributed by atoms with E-state index in [0.29, 0.717) is 12.5 Å². The van der Waals surface area contributed by atoms with Gasteiger partial charge in [-0.25, -0.2) is 0 Å². The van der Waals surface area contributed by atoms with Gasteiger partial charge in [-0.2, -0.15) is 5.10 Å². The van der Waals surface area contributed by atoms with Gasteiger partial charge in [-0.3, -0.25) is 9.48 Å². The number of carbonyl (C=O) groups is 1. The average molecular weight is 264 g/mol. The largest absolute Gasteiger partial charge is 0.352 e. The van der Waals surface area contributed by atoms with Gasteiger partial charge < -0.3 is 10.6 Å². The molecule has 1 aromatic rings. The first-order valence-corrected chi connectivity index (χ1v) is 7.01. The summed E-state index contributed by atoms with van der Waals surface area (Å²) in [7, 11) is 1.91. The Morgan fingerprint density at radius 3 is 2.84 bits per heavy atom. The molecule has 1 saturated heterocycles. The highest BCUT2D eigenvalue weighted by Gasteiger charge is 2.23. The molecule has 19 heavy (non-hydrogen) atoms. The van der Waals surface area contributed by atoms with Gasteiger partial charge in [0.1, 0.15) is 0 Å². The van der Waals surface area contributed by atoms with Gasteiger partial charge in [-0.15, -0.1) is 0 Å². The standard InChI is InChI=1S/C14H24N4O/c1-9-12(11(3)18(4)17-9)8-14(19)16-13-6-5-7-15-10(13)2/h10,13,15H,5-8H2,1-4H3,(H,16,19). The molecule has 0 bridgehead atoms. The van der Waals surface area contributed by atoms with Gasteiger partial charge in [0.25, 0.3) is 0 Å². The van der Waals surface area contributed by atoms with Crippen LogP contribution in [0.3, 0.4) is 0 Å². The molecule has 2 rings (SSSR count). The van der Waals surface area contributed by atoms with E-state index in [4.69, 9.17) is 0 Å². The predicted molar refractivity (Wildman–Crippen MR) is 75.0 cm³/mol. The van der Waals surface area contributed by atoms with E-state index < -0.39 is 0 Å². The van der Waals surface area contributed by atoms with Crippen molar-refractivity contribution in [3.05, 3.63) is 17.0 Å². The Morgan fingerprint density at radius 1 is 1.53 bits per heavy atom. The van der Waals surface area contributed by atoms with Crippen LogP contribution >= 0.6 is 0 Å². The Labute approximate surface area is 114 Å². The molecule has 1 fully saturated rings. The molecule has 2 heterocycles. The maximum Gasteiger partial charge on any atom is 0.224 e. The second-order valence-electron chi connectivity index (χ2n) is 5.51. The quantitative estimate of drug-likeness (QED) is 0.850. The van der Waals surface area contributed by atoms with E-state index in [9.17, 15) is 4.79 Å². The second-order valence-corrected chi connectivity index (χ2v) is 5.51. The molecule has 1 aliphatic rings. The lowest BCUT2D eigenvalue weighted by Gasteiger charge is -2.30. The summed E-state index contributed by atoms with van der Waals surface area (Å²) in [6.45, 7) is 7.15. The fraction of sp³-hybridized carbons (Fsp3) is 0.714. The fourth-order valence-electron chi connectivity index (χ4n) is 2.73. The van der Waals surface area contributed by atoms with E-state index in [0.717, 1.165) is 36.3 Å². The van der Waals surface area contributed by atoms with Crippen molar-refractivity contribution in [3.8, 4) is 0 Å². The number of nitrogens with one attached hydrogen (secondary N) is 2. The number of hydrogen-bond donors (Lipinski definition) is 2. The van der Waals surface area contributed by atoms with Crippen molar-refractivity contribution < 1.29 is 4.79 Å². The minimum atomic E-state index is 0.0970. The zero-order chi connectivity index (χ0) is 14.0. The first-order valence-electron chi connectivity index (χ1n) is 7.01. The Kier molecular flexibility index (Phi) is 4.24. The van der Waals surface area contributed by atoms with Gasteiger partial charge in [0.15, 0.2) is 0 Å². The van der Waals surface area contributed by atoms with Crippen molar-refractivity contribution in [1.29, 1.82) is 0 Å². The molecule has 5 nitrogen and oxygen atoms in total. The third-order valence-corrected chi connectivity index (χ3v) is 4.10. The molecule has 1 aliphatic heterocycles. The van der Waals surface area contributed by atoms with Crippen LogP contribution in [0.5, 0.6) is 0 Å². The number of amides is 1. The molecule has 1 aromatic heterocycles. The van der Waals surface area contributed by atoms with E-state index in [1.807, 2.05) is 25.6 Å². The number of nitrogens with zero attached hydrogens (tertiary/aromatic N) is 2. The summed E-state index contributed by atoms with van der Waals surface area (Å²) in [6, 6.07) is 0.604. The number of carbonyl (C=O) groups excluding carboxylic acids is 1. The smallest absolute Gasteiger partial charge is 0.224 e. The predicted octanol–water partition coefficient (Wildman–Crippen LogP) is 0.836. The first kappa shape index (κ1) is 14.1. The van der Waals surface area contributed by atoms with Crippen LogP contribution < -0.4 is 10.6 Å². The van der Waals surface area contributed by atoms with Crippen molar-refractivity contribution in [2.45, 2.75) is 52.1 Å². The Morgan fingerprint density at radius 2 is 2.26 bits per heavy atom. The van der Waals surface area contributed by atoms with Crippen molar-refractivity contribution >= 4 is 5.91 Å². The molecule has 0 saturated carbocycles. The van der Waals surface area contributed by atoms with E-state index in [2.05, 4.69) is 22.7 Å². The van der Waals surface area contributed by atoms with Crippen LogP contribution in [0.4, 0.5) is 0 Å². The van der Waals surface area contributed by atoms with Gasteiger partial charge in [0, 0.05) is 30.4 Å². The van der Waals surface area contributed by atoms with Crippen molar-refractivity contribution in [1.82, 2.24) is 20.4 Å². The van der Waals surface area contributed by atoms with Crippen LogP contribution in [0.25, 0.3) is 0 Å². The molecule has 0 radical (unpaired) electrons.